The second-order valence-electron chi connectivity index (χ2n) is 6.61. The number of hydrogen-bond acceptors (Lipinski definition) is 7. The first-order valence-corrected chi connectivity index (χ1v) is 7.64. The van der Waals surface area contributed by atoms with E-state index in [-0.39, 0.29) is 19.6 Å². The Kier molecular flexibility index (Phi) is 6.79. The van der Waals surface area contributed by atoms with Crippen LogP contribution in [0, 0.1) is 0 Å². The monoisotopic (exact) mass is 333 g/mol. The van der Waals surface area contributed by atoms with Gasteiger partial charge < -0.3 is 29.7 Å². The lowest BCUT2D eigenvalue weighted by atomic mass is 9.91. The van der Waals surface area contributed by atoms with Crippen LogP contribution < -0.4 is 5.32 Å². The Labute approximate surface area is 136 Å². The van der Waals surface area contributed by atoms with Gasteiger partial charge in [-0.05, 0) is 33.6 Å². The highest BCUT2D eigenvalue weighted by atomic mass is 16.6. The molecule has 1 heterocycles. The quantitative estimate of drug-likeness (QED) is 0.433. The molecule has 0 aromatic heterocycles. The summed E-state index contributed by atoms with van der Waals surface area (Å²) in [6.07, 6.45) is -0.0628. The first kappa shape index (κ1) is 19.7. The summed E-state index contributed by atoms with van der Waals surface area (Å²) in [6, 6.07) is -0.954. The van der Waals surface area contributed by atoms with Gasteiger partial charge in [0.1, 0.15) is 17.7 Å². The third-order valence-electron chi connectivity index (χ3n) is 3.56. The van der Waals surface area contributed by atoms with Gasteiger partial charge in [0.15, 0.2) is 0 Å². The molecular formula is C15H27NO7. The fraction of sp³-hybridized carbons (Fsp3) is 0.867. The molecular weight excluding hydrogens is 306 g/mol. The summed E-state index contributed by atoms with van der Waals surface area (Å²) in [5, 5.41) is 20.7. The molecule has 0 radical (unpaired) electrons. The standard InChI is InChI=1S/C15H27NO7/c1-14(2,3)23-13(20)16-10(12(19)21-4)8-15(6-5-7-17)11(9-18)22-15/h10-11,17-18H,5-9H2,1-4H3,(H,16,20)/t10-,11-,15+/m0/s1. The van der Waals surface area contributed by atoms with E-state index in [0.717, 1.165) is 0 Å². The van der Waals surface area contributed by atoms with Crippen molar-refractivity contribution in [3.8, 4) is 0 Å². The maximum absolute atomic E-state index is 11.9. The lowest BCUT2D eigenvalue weighted by Gasteiger charge is -2.24. The number of alkyl carbamates (subject to hydrolysis) is 1. The zero-order valence-electron chi connectivity index (χ0n) is 14.1. The van der Waals surface area contributed by atoms with Crippen molar-refractivity contribution in [3.63, 3.8) is 0 Å². The van der Waals surface area contributed by atoms with Crippen molar-refractivity contribution >= 4 is 12.1 Å². The third kappa shape index (κ3) is 5.96. The normalized spacial score (nSPS) is 24.7. The summed E-state index contributed by atoms with van der Waals surface area (Å²) in [5.74, 6) is -0.619. The van der Waals surface area contributed by atoms with E-state index in [1.807, 2.05) is 0 Å². The van der Waals surface area contributed by atoms with Gasteiger partial charge in [0.2, 0.25) is 0 Å². The number of methoxy groups -OCH3 is 1. The van der Waals surface area contributed by atoms with Crippen LogP contribution in [-0.4, -0.2) is 65.9 Å². The van der Waals surface area contributed by atoms with E-state index >= 15 is 0 Å². The molecule has 3 N–H and O–H groups in total. The summed E-state index contributed by atoms with van der Waals surface area (Å²) < 4.78 is 15.4. The smallest absolute Gasteiger partial charge is 0.408 e. The van der Waals surface area contributed by atoms with Gasteiger partial charge in [0, 0.05) is 13.0 Å². The Morgan fingerprint density at radius 3 is 2.43 bits per heavy atom. The topological polar surface area (TPSA) is 118 Å². The number of esters is 1. The van der Waals surface area contributed by atoms with Crippen LogP contribution in [0.2, 0.25) is 0 Å². The molecule has 1 rings (SSSR count). The zero-order valence-corrected chi connectivity index (χ0v) is 14.1. The molecule has 0 aromatic rings. The van der Waals surface area contributed by atoms with Gasteiger partial charge in [-0.15, -0.1) is 0 Å². The highest BCUT2D eigenvalue weighted by molar-refractivity contribution is 5.81. The SMILES string of the molecule is COC(=O)[C@H](C[C@@]1(CCCO)O[C@H]1CO)NC(=O)OC(C)(C)C. The number of carbonyl (C=O) groups is 2. The summed E-state index contributed by atoms with van der Waals surface area (Å²) in [5.41, 5.74) is -1.44. The lowest BCUT2D eigenvalue weighted by Crippen LogP contribution is -2.46. The average Bonchev–Trinajstić information content (AvgIpc) is 3.15. The predicted molar refractivity (Wildman–Crippen MR) is 80.8 cm³/mol. The molecule has 1 aliphatic rings. The van der Waals surface area contributed by atoms with Crippen molar-refractivity contribution in [2.45, 2.75) is 63.4 Å². The molecule has 23 heavy (non-hydrogen) atoms. The molecule has 3 atom stereocenters. The minimum absolute atomic E-state index is 0.0222. The molecule has 0 aromatic carbocycles. The number of epoxide rings is 1. The Balaban J connectivity index is 2.74. The first-order valence-electron chi connectivity index (χ1n) is 7.64. The van der Waals surface area contributed by atoms with Gasteiger partial charge in [-0.25, -0.2) is 9.59 Å². The molecule has 1 aliphatic heterocycles. The molecule has 134 valence electrons. The van der Waals surface area contributed by atoms with Crippen LogP contribution in [0.1, 0.15) is 40.0 Å². The van der Waals surface area contributed by atoms with E-state index < -0.39 is 35.4 Å². The maximum Gasteiger partial charge on any atom is 0.408 e. The Morgan fingerprint density at radius 2 is 2.00 bits per heavy atom. The largest absolute Gasteiger partial charge is 0.467 e. The van der Waals surface area contributed by atoms with Crippen molar-refractivity contribution in [2.24, 2.45) is 0 Å². The van der Waals surface area contributed by atoms with Crippen molar-refractivity contribution in [1.82, 2.24) is 5.32 Å². The maximum atomic E-state index is 11.9. The molecule has 1 saturated heterocycles. The van der Waals surface area contributed by atoms with Crippen LogP contribution in [0.5, 0.6) is 0 Å². The van der Waals surface area contributed by atoms with E-state index in [4.69, 9.17) is 19.3 Å². The van der Waals surface area contributed by atoms with Crippen molar-refractivity contribution in [1.29, 1.82) is 0 Å². The fourth-order valence-corrected chi connectivity index (χ4v) is 2.46. The number of aliphatic hydroxyl groups is 2. The number of amides is 1. The van der Waals surface area contributed by atoms with E-state index in [1.165, 1.54) is 7.11 Å². The zero-order chi connectivity index (χ0) is 17.7. The third-order valence-corrected chi connectivity index (χ3v) is 3.56. The van der Waals surface area contributed by atoms with Crippen LogP contribution in [0.15, 0.2) is 0 Å². The molecule has 8 nitrogen and oxygen atoms in total. The predicted octanol–water partition coefficient (Wildman–Crippen LogP) is 0.345. The van der Waals surface area contributed by atoms with E-state index in [1.54, 1.807) is 20.8 Å². The van der Waals surface area contributed by atoms with Gasteiger partial charge in [-0.3, -0.25) is 0 Å². The number of nitrogens with one attached hydrogen (secondary N) is 1. The van der Waals surface area contributed by atoms with Crippen molar-refractivity contribution < 1.29 is 34.0 Å². The summed E-state index contributed by atoms with van der Waals surface area (Å²) >= 11 is 0. The highest BCUT2D eigenvalue weighted by Crippen LogP contribution is 2.44. The number of rotatable bonds is 8. The Bertz CT molecular complexity index is 421. The molecule has 0 spiro atoms. The van der Waals surface area contributed by atoms with Gasteiger partial charge in [0.05, 0.1) is 19.3 Å². The van der Waals surface area contributed by atoms with Crippen LogP contribution >= 0.6 is 0 Å². The summed E-state index contributed by atoms with van der Waals surface area (Å²) in [7, 11) is 1.23. The van der Waals surface area contributed by atoms with Crippen LogP contribution in [0.4, 0.5) is 4.79 Å². The molecule has 8 heteroatoms. The van der Waals surface area contributed by atoms with Gasteiger partial charge >= 0.3 is 12.1 Å². The molecule has 0 saturated carbocycles. The van der Waals surface area contributed by atoms with Crippen molar-refractivity contribution in [2.75, 3.05) is 20.3 Å². The van der Waals surface area contributed by atoms with Gasteiger partial charge in [0.25, 0.3) is 0 Å². The van der Waals surface area contributed by atoms with E-state index in [0.29, 0.717) is 12.8 Å². The minimum Gasteiger partial charge on any atom is -0.467 e. The fourth-order valence-electron chi connectivity index (χ4n) is 2.46. The number of ether oxygens (including phenoxy) is 3. The molecule has 0 aliphatic carbocycles. The average molecular weight is 333 g/mol. The van der Waals surface area contributed by atoms with Crippen LogP contribution in [-0.2, 0) is 19.0 Å². The van der Waals surface area contributed by atoms with Gasteiger partial charge in [-0.2, -0.15) is 0 Å². The number of hydrogen-bond donors (Lipinski definition) is 3. The Hall–Kier alpha value is -1.38. The Morgan fingerprint density at radius 1 is 1.35 bits per heavy atom. The highest BCUT2D eigenvalue weighted by Gasteiger charge is 2.57. The number of aliphatic hydroxyl groups excluding tert-OH is 2. The van der Waals surface area contributed by atoms with Gasteiger partial charge in [-0.1, -0.05) is 0 Å². The number of carbonyl (C=O) groups excluding carboxylic acids is 2. The molecule has 1 amide bonds. The molecule has 1 fully saturated rings. The molecule has 0 unspecified atom stereocenters. The van der Waals surface area contributed by atoms with Crippen LogP contribution in [0.3, 0.4) is 0 Å². The molecule has 0 bridgehead atoms. The van der Waals surface area contributed by atoms with E-state index in [9.17, 15) is 14.7 Å². The van der Waals surface area contributed by atoms with Crippen molar-refractivity contribution in [3.05, 3.63) is 0 Å². The summed E-state index contributed by atoms with van der Waals surface area (Å²) in [6.45, 7) is 4.94. The van der Waals surface area contributed by atoms with Crippen LogP contribution in [0.25, 0.3) is 0 Å². The minimum atomic E-state index is -0.954. The second-order valence-corrected chi connectivity index (χ2v) is 6.61. The lowest BCUT2D eigenvalue weighted by molar-refractivity contribution is -0.143. The van der Waals surface area contributed by atoms with E-state index in [2.05, 4.69) is 5.32 Å². The first-order chi connectivity index (χ1) is 10.7. The summed E-state index contributed by atoms with van der Waals surface area (Å²) in [4.78, 5) is 23.8. The second kappa shape index (κ2) is 7.94.